The molecule has 0 atom stereocenters. The summed E-state index contributed by atoms with van der Waals surface area (Å²) in [7, 11) is 0. The van der Waals surface area contributed by atoms with Crippen molar-refractivity contribution < 1.29 is 14.6 Å². The third kappa shape index (κ3) is 3.23. The number of aromatic carboxylic acids is 1. The van der Waals surface area contributed by atoms with Gasteiger partial charge in [-0.25, -0.2) is 14.8 Å². The minimum Gasteiger partial charge on any atom is -0.478 e. The number of carboxylic acids is 1. The highest BCUT2D eigenvalue weighted by atomic mass is 32.2. The van der Waals surface area contributed by atoms with Gasteiger partial charge in [0.25, 0.3) is 0 Å². The molecule has 5 nitrogen and oxygen atoms in total. The molecule has 1 heterocycles. The molecule has 19 heavy (non-hydrogen) atoms. The Morgan fingerprint density at radius 3 is 2.79 bits per heavy atom. The average Bonchev–Trinajstić information content (AvgIpc) is 2.41. The SMILES string of the molecule is CSc1cc(Oc2ccc(C)cc2C(=O)O)ncn1. The first-order valence-corrected chi connectivity index (χ1v) is 6.70. The number of thioether (sulfide) groups is 1. The Hall–Kier alpha value is -2.08. The van der Waals surface area contributed by atoms with Gasteiger partial charge in [0.1, 0.15) is 22.7 Å². The fourth-order valence-corrected chi connectivity index (χ4v) is 1.87. The monoisotopic (exact) mass is 276 g/mol. The van der Waals surface area contributed by atoms with E-state index in [0.29, 0.717) is 5.88 Å². The lowest BCUT2D eigenvalue weighted by atomic mass is 10.1. The number of aryl methyl sites for hydroxylation is 1. The second-order valence-corrected chi connectivity index (χ2v) is 4.63. The van der Waals surface area contributed by atoms with Gasteiger partial charge in [-0.05, 0) is 25.3 Å². The van der Waals surface area contributed by atoms with Crippen LogP contribution in [0.1, 0.15) is 15.9 Å². The molecular weight excluding hydrogens is 264 g/mol. The molecule has 0 radical (unpaired) electrons. The average molecular weight is 276 g/mol. The molecule has 2 rings (SSSR count). The van der Waals surface area contributed by atoms with Gasteiger partial charge < -0.3 is 9.84 Å². The van der Waals surface area contributed by atoms with Crippen LogP contribution in [0.3, 0.4) is 0 Å². The standard InChI is InChI=1S/C13H12N2O3S/c1-8-3-4-10(9(5-8)13(16)17)18-11-6-12(19-2)15-7-14-11/h3-7H,1-2H3,(H,16,17). The van der Waals surface area contributed by atoms with Gasteiger partial charge >= 0.3 is 5.97 Å². The molecule has 0 aliphatic rings. The topological polar surface area (TPSA) is 72.3 Å². The Balaban J connectivity index is 2.34. The number of carboxylic acid groups (broad SMARTS) is 1. The van der Waals surface area contributed by atoms with Gasteiger partial charge in [-0.1, -0.05) is 11.6 Å². The first-order chi connectivity index (χ1) is 9.10. The van der Waals surface area contributed by atoms with Crippen LogP contribution in [0.5, 0.6) is 11.6 Å². The summed E-state index contributed by atoms with van der Waals surface area (Å²) in [6.45, 7) is 1.83. The normalized spacial score (nSPS) is 10.2. The molecular formula is C13H12N2O3S. The maximum Gasteiger partial charge on any atom is 0.339 e. The van der Waals surface area contributed by atoms with Gasteiger partial charge in [-0.15, -0.1) is 11.8 Å². The molecule has 2 aromatic rings. The van der Waals surface area contributed by atoms with E-state index >= 15 is 0 Å². The van der Waals surface area contributed by atoms with E-state index in [0.717, 1.165) is 10.6 Å². The Bertz CT molecular complexity index is 617. The maximum absolute atomic E-state index is 11.2. The van der Waals surface area contributed by atoms with E-state index in [1.54, 1.807) is 24.3 Å². The van der Waals surface area contributed by atoms with Crippen molar-refractivity contribution in [3.8, 4) is 11.6 Å². The lowest BCUT2D eigenvalue weighted by Gasteiger charge is -2.08. The number of rotatable bonds is 4. The Kier molecular flexibility index (Phi) is 4.01. The molecule has 0 aliphatic carbocycles. The molecule has 1 N–H and O–H groups in total. The van der Waals surface area contributed by atoms with Crippen molar-refractivity contribution in [3.63, 3.8) is 0 Å². The predicted molar refractivity (Wildman–Crippen MR) is 72.0 cm³/mol. The first-order valence-electron chi connectivity index (χ1n) is 5.48. The van der Waals surface area contributed by atoms with Crippen LogP contribution >= 0.6 is 11.8 Å². The van der Waals surface area contributed by atoms with Crippen LogP contribution in [0, 0.1) is 6.92 Å². The summed E-state index contributed by atoms with van der Waals surface area (Å²) in [6.07, 6.45) is 3.27. The van der Waals surface area contributed by atoms with E-state index in [4.69, 9.17) is 9.84 Å². The number of hydrogen-bond acceptors (Lipinski definition) is 5. The van der Waals surface area contributed by atoms with Crippen LogP contribution in [-0.4, -0.2) is 27.3 Å². The highest BCUT2D eigenvalue weighted by Gasteiger charge is 2.13. The minimum absolute atomic E-state index is 0.115. The molecule has 0 bridgehead atoms. The number of nitrogens with zero attached hydrogens (tertiary/aromatic N) is 2. The summed E-state index contributed by atoms with van der Waals surface area (Å²) < 4.78 is 5.52. The van der Waals surface area contributed by atoms with Gasteiger partial charge in [0.05, 0.1) is 0 Å². The van der Waals surface area contributed by atoms with Crippen LogP contribution < -0.4 is 4.74 Å². The Morgan fingerprint density at radius 1 is 1.32 bits per heavy atom. The molecule has 6 heteroatoms. The van der Waals surface area contributed by atoms with Crippen molar-refractivity contribution in [2.75, 3.05) is 6.26 Å². The summed E-state index contributed by atoms with van der Waals surface area (Å²) in [4.78, 5) is 19.2. The molecule has 1 aromatic carbocycles. The van der Waals surface area contributed by atoms with E-state index in [9.17, 15) is 4.79 Å². The zero-order valence-corrected chi connectivity index (χ0v) is 11.3. The number of aromatic nitrogens is 2. The van der Waals surface area contributed by atoms with E-state index in [-0.39, 0.29) is 11.3 Å². The van der Waals surface area contributed by atoms with Crippen LogP contribution in [0.25, 0.3) is 0 Å². The second-order valence-electron chi connectivity index (χ2n) is 3.81. The molecule has 98 valence electrons. The predicted octanol–water partition coefficient (Wildman–Crippen LogP) is 3.00. The van der Waals surface area contributed by atoms with Gasteiger partial charge in [-0.2, -0.15) is 0 Å². The van der Waals surface area contributed by atoms with Crippen molar-refractivity contribution in [3.05, 3.63) is 41.7 Å². The lowest BCUT2D eigenvalue weighted by molar-refractivity contribution is 0.0694. The molecule has 0 unspecified atom stereocenters. The number of hydrogen-bond donors (Lipinski definition) is 1. The van der Waals surface area contributed by atoms with Crippen LogP contribution in [0.4, 0.5) is 0 Å². The Labute approximate surface area is 114 Å². The van der Waals surface area contributed by atoms with Gasteiger partial charge in [0, 0.05) is 6.07 Å². The van der Waals surface area contributed by atoms with Crippen molar-refractivity contribution in [2.24, 2.45) is 0 Å². The fraction of sp³-hybridized carbons (Fsp3) is 0.154. The van der Waals surface area contributed by atoms with Crippen molar-refractivity contribution in [1.82, 2.24) is 9.97 Å². The quantitative estimate of drug-likeness (QED) is 0.683. The second kappa shape index (κ2) is 5.71. The van der Waals surface area contributed by atoms with Crippen molar-refractivity contribution in [2.45, 2.75) is 11.9 Å². The molecule has 0 aliphatic heterocycles. The molecule has 0 saturated heterocycles. The summed E-state index contributed by atoms with van der Waals surface area (Å²) in [5.41, 5.74) is 0.974. The number of benzene rings is 1. The fourth-order valence-electron chi connectivity index (χ4n) is 1.50. The number of carbonyl (C=O) groups is 1. The summed E-state index contributed by atoms with van der Waals surface area (Å²) in [6, 6.07) is 6.64. The third-order valence-corrected chi connectivity index (χ3v) is 3.05. The van der Waals surface area contributed by atoms with E-state index < -0.39 is 5.97 Å². The minimum atomic E-state index is -1.03. The molecule has 0 spiro atoms. The smallest absolute Gasteiger partial charge is 0.339 e. The summed E-state index contributed by atoms with van der Waals surface area (Å²) in [5.74, 6) is -0.438. The van der Waals surface area contributed by atoms with Gasteiger partial charge in [0.2, 0.25) is 5.88 Å². The van der Waals surface area contributed by atoms with Crippen LogP contribution in [0.15, 0.2) is 35.6 Å². The first kappa shape index (κ1) is 13.4. The van der Waals surface area contributed by atoms with E-state index in [2.05, 4.69) is 9.97 Å². The molecule has 0 amide bonds. The molecule has 0 saturated carbocycles. The summed E-state index contributed by atoms with van der Waals surface area (Å²) >= 11 is 1.46. The van der Waals surface area contributed by atoms with Crippen LogP contribution in [-0.2, 0) is 0 Å². The molecule has 1 aromatic heterocycles. The molecule has 0 fully saturated rings. The third-order valence-electron chi connectivity index (χ3n) is 2.41. The zero-order valence-electron chi connectivity index (χ0n) is 10.5. The van der Waals surface area contributed by atoms with Crippen LogP contribution in [0.2, 0.25) is 0 Å². The zero-order chi connectivity index (χ0) is 13.8. The summed E-state index contributed by atoms with van der Waals surface area (Å²) in [5, 5.41) is 9.91. The van der Waals surface area contributed by atoms with Gasteiger partial charge in [-0.3, -0.25) is 0 Å². The van der Waals surface area contributed by atoms with E-state index in [1.165, 1.54) is 18.1 Å². The lowest BCUT2D eigenvalue weighted by Crippen LogP contribution is -2.01. The number of ether oxygens (including phenoxy) is 1. The highest BCUT2D eigenvalue weighted by Crippen LogP contribution is 2.26. The highest BCUT2D eigenvalue weighted by molar-refractivity contribution is 7.98. The Morgan fingerprint density at radius 2 is 2.11 bits per heavy atom. The largest absolute Gasteiger partial charge is 0.478 e. The van der Waals surface area contributed by atoms with Gasteiger partial charge in [0.15, 0.2) is 0 Å². The maximum atomic E-state index is 11.2. The van der Waals surface area contributed by atoms with Crippen molar-refractivity contribution in [1.29, 1.82) is 0 Å². The van der Waals surface area contributed by atoms with Crippen molar-refractivity contribution >= 4 is 17.7 Å². The van der Waals surface area contributed by atoms with E-state index in [1.807, 2.05) is 13.2 Å².